The number of para-hydroxylation sites is 1. The third-order valence-corrected chi connectivity index (χ3v) is 8.25. The summed E-state index contributed by atoms with van der Waals surface area (Å²) >= 11 is 6.16. The molecule has 4 rings (SSSR count). The average molecular weight is 433 g/mol. The molecular weight excluding hydrogens is 408 g/mol. The van der Waals surface area contributed by atoms with Crippen LogP contribution in [0.5, 0.6) is 0 Å². The summed E-state index contributed by atoms with van der Waals surface area (Å²) in [4.78, 5) is 12.5. The standard InChI is InChI=1S/C22H25ClN2O3S/c1-15-19(23)8-4-10-21(15)29(27,28)25-13-5-6-17(14-25)18-7-2-3-9-20(18)24-22(26)16-11-12-16/h2-4,7-10,16-17H,5-6,11-14H2,1H3,(H,24,26)/t17-/m1/s1. The summed E-state index contributed by atoms with van der Waals surface area (Å²) in [5.74, 6) is 0.220. The van der Waals surface area contributed by atoms with E-state index in [9.17, 15) is 13.2 Å². The molecule has 2 aromatic rings. The summed E-state index contributed by atoms with van der Waals surface area (Å²) in [7, 11) is -3.63. The fourth-order valence-corrected chi connectivity index (χ4v) is 5.97. The van der Waals surface area contributed by atoms with Crippen molar-refractivity contribution in [2.45, 2.75) is 43.4 Å². The third kappa shape index (κ3) is 4.20. The van der Waals surface area contributed by atoms with E-state index >= 15 is 0 Å². The van der Waals surface area contributed by atoms with Crippen LogP contribution in [0.4, 0.5) is 5.69 Å². The van der Waals surface area contributed by atoms with Gasteiger partial charge in [-0.1, -0.05) is 35.9 Å². The maximum atomic E-state index is 13.3. The molecule has 1 heterocycles. The van der Waals surface area contributed by atoms with Crippen molar-refractivity contribution in [1.82, 2.24) is 4.31 Å². The van der Waals surface area contributed by atoms with Gasteiger partial charge in [0.25, 0.3) is 0 Å². The second-order valence-electron chi connectivity index (χ2n) is 7.92. The van der Waals surface area contributed by atoms with Gasteiger partial charge in [0.05, 0.1) is 4.90 Å². The Balaban J connectivity index is 1.59. The van der Waals surface area contributed by atoms with Crippen LogP contribution in [0.25, 0.3) is 0 Å². The SMILES string of the molecule is Cc1c(Cl)cccc1S(=O)(=O)N1CCC[C@@H](c2ccccc2NC(=O)C2CC2)C1. The highest BCUT2D eigenvalue weighted by molar-refractivity contribution is 7.89. The van der Waals surface area contributed by atoms with E-state index in [1.807, 2.05) is 24.3 Å². The van der Waals surface area contributed by atoms with Crippen LogP contribution in [-0.2, 0) is 14.8 Å². The number of carbonyl (C=O) groups excluding carboxylic acids is 1. The number of anilines is 1. The van der Waals surface area contributed by atoms with Crippen LogP contribution in [0.3, 0.4) is 0 Å². The smallest absolute Gasteiger partial charge is 0.243 e. The van der Waals surface area contributed by atoms with Crippen LogP contribution in [0.15, 0.2) is 47.4 Å². The predicted octanol–water partition coefficient (Wildman–Crippen LogP) is 4.57. The van der Waals surface area contributed by atoms with Gasteiger partial charge in [-0.3, -0.25) is 4.79 Å². The quantitative estimate of drug-likeness (QED) is 0.752. The molecule has 0 aromatic heterocycles. The molecule has 0 radical (unpaired) electrons. The number of hydrogen-bond acceptors (Lipinski definition) is 3. The molecule has 5 nitrogen and oxygen atoms in total. The van der Waals surface area contributed by atoms with Gasteiger partial charge in [-0.2, -0.15) is 4.31 Å². The Bertz CT molecular complexity index is 1030. The van der Waals surface area contributed by atoms with Crippen molar-refractivity contribution in [3.05, 3.63) is 58.6 Å². The molecule has 1 N–H and O–H groups in total. The molecule has 0 spiro atoms. The summed E-state index contributed by atoms with van der Waals surface area (Å²) in [5, 5.41) is 3.50. The average Bonchev–Trinajstić information content (AvgIpc) is 3.56. The highest BCUT2D eigenvalue weighted by Gasteiger charge is 2.34. The lowest BCUT2D eigenvalue weighted by atomic mass is 9.90. The molecular formula is C22H25ClN2O3S. The molecule has 7 heteroatoms. The van der Waals surface area contributed by atoms with E-state index in [0.717, 1.165) is 36.9 Å². The minimum absolute atomic E-state index is 0.0359. The number of nitrogens with one attached hydrogen (secondary N) is 1. The fourth-order valence-electron chi connectivity index (χ4n) is 3.97. The largest absolute Gasteiger partial charge is 0.326 e. The lowest BCUT2D eigenvalue weighted by Gasteiger charge is -2.33. The first-order chi connectivity index (χ1) is 13.9. The molecule has 2 aromatic carbocycles. The zero-order chi connectivity index (χ0) is 20.6. The highest BCUT2D eigenvalue weighted by Crippen LogP contribution is 2.36. The Morgan fingerprint density at radius 1 is 1.10 bits per heavy atom. The van der Waals surface area contributed by atoms with Gasteiger partial charge in [-0.15, -0.1) is 0 Å². The summed E-state index contributed by atoms with van der Waals surface area (Å²) < 4.78 is 28.1. The lowest BCUT2D eigenvalue weighted by molar-refractivity contribution is -0.117. The molecule has 154 valence electrons. The lowest BCUT2D eigenvalue weighted by Crippen LogP contribution is -2.39. The molecule has 0 bridgehead atoms. The van der Waals surface area contributed by atoms with Gasteiger partial charge in [0.2, 0.25) is 15.9 Å². The van der Waals surface area contributed by atoms with Gasteiger partial charge in [-0.25, -0.2) is 8.42 Å². The number of piperidine rings is 1. The normalized spacial score (nSPS) is 20.4. The van der Waals surface area contributed by atoms with Crippen molar-refractivity contribution in [2.75, 3.05) is 18.4 Å². The number of hydrogen-bond donors (Lipinski definition) is 1. The van der Waals surface area contributed by atoms with Crippen molar-refractivity contribution in [3.63, 3.8) is 0 Å². The topological polar surface area (TPSA) is 66.5 Å². The Morgan fingerprint density at radius 2 is 1.86 bits per heavy atom. The minimum atomic E-state index is -3.63. The second-order valence-corrected chi connectivity index (χ2v) is 10.2. The molecule has 1 atom stereocenters. The number of amides is 1. The molecule has 1 amide bonds. The molecule has 29 heavy (non-hydrogen) atoms. The number of halogens is 1. The summed E-state index contributed by atoms with van der Waals surface area (Å²) in [6.45, 7) is 2.62. The van der Waals surface area contributed by atoms with E-state index in [4.69, 9.17) is 11.6 Å². The van der Waals surface area contributed by atoms with Crippen molar-refractivity contribution in [3.8, 4) is 0 Å². The maximum absolute atomic E-state index is 13.3. The number of benzene rings is 2. The first-order valence-electron chi connectivity index (χ1n) is 10.0. The van der Waals surface area contributed by atoms with Crippen molar-refractivity contribution in [2.24, 2.45) is 5.92 Å². The Hall–Kier alpha value is -1.89. The molecule has 2 aliphatic rings. The Labute approximate surface area is 177 Å². The van der Waals surface area contributed by atoms with Gasteiger partial charge in [-0.05, 0) is 67.9 Å². The zero-order valence-electron chi connectivity index (χ0n) is 16.4. The predicted molar refractivity (Wildman–Crippen MR) is 115 cm³/mol. The third-order valence-electron chi connectivity index (χ3n) is 5.83. The van der Waals surface area contributed by atoms with Gasteiger partial charge in [0.1, 0.15) is 0 Å². The van der Waals surface area contributed by atoms with E-state index in [0.29, 0.717) is 23.7 Å². The van der Waals surface area contributed by atoms with Gasteiger partial charge in [0, 0.05) is 29.7 Å². The van der Waals surface area contributed by atoms with E-state index in [2.05, 4.69) is 5.32 Å². The van der Waals surface area contributed by atoms with E-state index in [1.165, 1.54) is 0 Å². The molecule has 1 aliphatic heterocycles. The van der Waals surface area contributed by atoms with Crippen LogP contribution in [0, 0.1) is 12.8 Å². The maximum Gasteiger partial charge on any atom is 0.243 e. The van der Waals surface area contributed by atoms with E-state index < -0.39 is 10.0 Å². The minimum Gasteiger partial charge on any atom is -0.326 e. The first kappa shape index (κ1) is 20.4. The molecule has 2 fully saturated rings. The summed E-state index contributed by atoms with van der Waals surface area (Å²) in [6.07, 6.45) is 3.55. The second kappa shape index (κ2) is 8.09. The van der Waals surface area contributed by atoms with Gasteiger partial charge in [0.15, 0.2) is 0 Å². The summed E-state index contributed by atoms with van der Waals surface area (Å²) in [6, 6.07) is 12.7. The first-order valence-corrected chi connectivity index (χ1v) is 11.8. The molecule has 1 saturated carbocycles. The van der Waals surface area contributed by atoms with Crippen molar-refractivity contribution in [1.29, 1.82) is 0 Å². The monoisotopic (exact) mass is 432 g/mol. The Morgan fingerprint density at radius 3 is 2.62 bits per heavy atom. The van der Waals surface area contributed by atoms with E-state index in [1.54, 1.807) is 29.4 Å². The molecule has 1 saturated heterocycles. The highest BCUT2D eigenvalue weighted by atomic mass is 35.5. The van der Waals surface area contributed by atoms with Crippen LogP contribution in [-0.4, -0.2) is 31.7 Å². The number of carbonyl (C=O) groups is 1. The van der Waals surface area contributed by atoms with Crippen molar-refractivity contribution >= 4 is 33.2 Å². The fraction of sp³-hybridized carbons (Fsp3) is 0.409. The van der Waals surface area contributed by atoms with Gasteiger partial charge >= 0.3 is 0 Å². The zero-order valence-corrected chi connectivity index (χ0v) is 18.0. The van der Waals surface area contributed by atoms with E-state index in [-0.39, 0.29) is 22.6 Å². The van der Waals surface area contributed by atoms with Crippen LogP contribution >= 0.6 is 11.6 Å². The number of rotatable bonds is 5. The van der Waals surface area contributed by atoms with Crippen LogP contribution in [0.2, 0.25) is 5.02 Å². The molecule has 0 unspecified atom stereocenters. The number of sulfonamides is 1. The molecule has 1 aliphatic carbocycles. The van der Waals surface area contributed by atoms with Crippen LogP contribution < -0.4 is 5.32 Å². The Kier molecular flexibility index (Phi) is 5.69. The van der Waals surface area contributed by atoms with Crippen molar-refractivity contribution < 1.29 is 13.2 Å². The van der Waals surface area contributed by atoms with Crippen LogP contribution in [0.1, 0.15) is 42.7 Å². The summed E-state index contributed by atoms with van der Waals surface area (Å²) in [5.41, 5.74) is 2.38. The van der Waals surface area contributed by atoms with Gasteiger partial charge < -0.3 is 5.32 Å². The number of nitrogens with zero attached hydrogens (tertiary/aromatic N) is 1.